The number of thioether (sulfide) groups is 1. The Hall–Kier alpha value is -2.06. The number of hydrogen-bond donors (Lipinski definition) is 0. The molecule has 6 nitrogen and oxygen atoms in total. The van der Waals surface area contributed by atoms with Gasteiger partial charge < -0.3 is 9.32 Å². The van der Waals surface area contributed by atoms with Crippen molar-refractivity contribution < 1.29 is 9.21 Å². The maximum atomic E-state index is 12.5. The molecule has 0 aromatic carbocycles. The minimum atomic E-state index is -0.288. The Morgan fingerprint density at radius 2 is 2.00 bits per heavy atom. The number of nitrogens with zero attached hydrogens (tertiary/aromatic N) is 3. The lowest BCUT2D eigenvalue weighted by molar-refractivity contribution is -0.120. The predicted molar refractivity (Wildman–Crippen MR) is 93.6 cm³/mol. The molecule has 0 atom stereocenters. The fourth-order valence-electron chi connectivity index (χ4n) is 2.37. The van der Waals surface area contributed by atoms with E-state index in [2.05, 4.69) is 0 Å². The van der Waals surface area contributed by atoms with Gasteiger partial charge in [0.25, 0.3) is 11.5 Å². The van der Waals surface area contributed by atoms with Crippen molar-refractivity contribution in [2.45, 2.75) is 6.92 Å². The van der Waals surface area contributed by atoms with Crippen LogP contribution in [0.15, 0.2) is 33.6 Å². The first-order chi connectivity index (χ1) is 11.0. The van der Waals surface area contributed by atoms with Gasteiger partial charge in [0, 0.05) is 26.8 Å². The van der Waals surface area contributed by atoms with Crippen LogP contribution < -0.4 is 16.5 Å². The zero-order chi connectivity index (χ0) is 16.7. The summed E-state index contributed by atoms with van der Waals surface area (Å²) in [6, 6.07) is 0. The molecule has 1 amide bonds. The van der Waals surface area contributed by atoms with Crippen LogP contribution in [0.4, 0.5) is 0 Å². The van der Waals surface area contributed by atoms with E-state index in [1.165, 1.54) is 9.47 Å². The van der Waals surface area contributed by atoms with Gasteiger partial charge in [-0.25, -0.2) is 0 Å². The van der Waals surface area contributed by atoms with E-state index >= 15 is 0 Å². The normalized spacial score (nSPS) is 22.6. The molecule has 120 valence electrons. The molecule has 8 heteroatoms. The highest BCUT2D eigenvalue weighted by Crippen LogP contribution is 2.30. The number of likely N-dealkylation sites (N-methyl/N-ethyl adjacent to an activating group) is 1. The molecule has 0 bridgehead atoms. The molecule has 1 aromatic heterocycles. The number of rotatable bonds is 1. The second-order valence-electron chi connectivity index (χ2n) is 5.04. The quantitative estimate of drug-likeness (QED) is 0.670. The molecule has 23 heavy (non-hydrogen) atoms. The second-order valence-corrected chi connectivity index (χ2v) is 6.69. The summed E-state index contributed by atoms with van der Waals surface area (Å²) in [5.74, 6) is -0.226. The third-order valence-corrected chi connectivity index (χ3v) is 5.07. The van der Waals surface area contributed by atoms with Crippen LogP contribution in [0.2, 0.25) is 0 Å². The van der Waals surface area contributed by atoms with E-state index in [9.17, 15) is 9.59 Å². The molecule has 0 aliphatic carbocycles. The van der Waals surface area contributed by atoms with Gasteiger partial charge in [-0.1, -0.05) is 18.3 Å². The standard InChI is InChI=1S/C15H15N3O3S2/c1-4-18-13(20)11(23-15(18)22)14-17(3)12(19)10(21-14)9-7-5-6-8-16(9)2/h5-8H,4H2,1-3H3/b10-9+,14-11-. The summed E-state index contributed by atoms with van der Waals surface area (Å²) < 4.78 is 7.60. The SMILES string of the molecule is CCN1C(=O)/C(=c2/o/c(=C3\C=CC=CN3C)c(=O)n2C)SC1=S. The fourth-order valence-corrected chi connectivity index (χ4v) is 3.79. The first-order valence-electron chi connectivity index (χ1n) is 7.01. The van der Waals surface area contributed by atoms with Crippen LogP contribution in [-0.2, 0) is 11.8 Å². The number of carbonyl (C=O) groups excluding carboxylic acids is 1. The van der Waals surface area contributed by atoms with E-state index < -0.39 is 0 Å². The summed E-state index contributed by atoms with van der Waals surface area (Å²) in [5.41, 5.74) is 0.795. The van der Waals surface area contributed by atoms with E-state index in [0.29, 0.717) is 21.5 Å². The Bertz CT molecular complexity index is 936. The van der Waals surface area contributed by atoms with Crippen LogP contribution in [0.25, 0.3) is 10.6 Å². The number of aromatic nitrogens is 1. The van der Waals surface area contributed by atoms with Gasteiger partial charge in [0.15, 0.2) is 0 Å². The van der Waals surface area contributed by atoms with E-state index in [4.69, 9.17) is 16.6 Å². The lowest BCUT2D eigenvalue weighted by Gasteiger charge is -2.15. The predicted octanol–water partition coefficient (Wildman–Crippen LogP) is 0.0902. The molecular weight excluding hydrogens is 334 g/mol. The smallest absolute Gasteiger partial charge is 0.298 e. The van der Waals surface area contributed by atoms with Crippen LogP contribution in [0.5, 0.6) is 0 Å². The van der Waals surface area contributed by atoms with Crippen molar-refractivity contribution in [1.29, 1.82) is 0 Å². The van der Waals surface area contributed by atoms with Crippen LogP contribution in [0.1, 0.15) is 6.92 Å². The molecule has 2 aliphatic rings. The summed E-state index contributed by atoms with van der Waals surface area (Å²) in [6.07, 6.45) is 7.31. The third kappa shape index (κ3) is 2.47. The highest BCUT2D eigenvalue weighted by molar-refractivity contribution is 8.30. The van der Waals surface area contributed by atoms with Crippen molar-refractivity contribution >= 4 is 44.8 Å². The molecule has 0 saturated carbocycles. The van der Waals surface area contributed by atoms with Crippen molar-refractivity contribution in [1.82, 2.24) is 14.4 Å². The molecular formula is C15H15N3O3S2. The first kappa shape index (κ1) is 15.8. The van der Waals surface area contributed by atoms with E-state index in [-0.39, 0.29) is 22.4 Å². The van der Waals surface area contributed by atoms with E-state index in [1.807, 2.05) is 32.3 Å². The molecule has 0 spiro atoms. The Balaban J connectivity index is 2.30. The first-order valence-corrected chi connectivity index (χ1v) is 8.24. The van der Waals surface area contributed by atoms with Crippen molar-refractivity contribution in [3.63, 3.8) is 0 Å². The number of allylic oxidation sites excluding steroid dienone is 2. The third-order valence-electron chi connectivity index (χ3n) is 3.65. The summed E-state index contributed by atoms with van der Waals surface area (Å²) in [7, 11) is 3.42. The van der Waals surface area contributed by atoms with Crippen molar-refractivity contribution in [3.05, 3.63) is 45.7 Å². The number of amides is 1. The van der Waals surface area contributed by atoms with Crippen LogP contribution in [0.3, 0.4) is 0 Å². The molecule has 3 heterocycles. The van der Waals surface area contributed by atoms with Gasteiger partial charge in [-0.15, -0.1) is 0 Å². The zero-order valence-electron chi connectivity index (χ0n) is 12.9. The molecule has 0 unspecified atom stereocenters. The van der Waals surface area contributed by atoms with Gasteiger partial charge in [0.2, 0.25) is 11.0 Å². The van der Waals surface area contributed by atoms with Crippen LogP contribution in [0, 0.1) is 0 Å². The minimum absolute atomic E-state index is 0.201. The van der Waals surface area contributed by atoms with Crippen molar-refractivity contribution in [2.24, 2.45) is 7.05 Å². The lowest BCUT2D eigenvalue weighted by atomic mass is 10.3. The van der Waals surface area contributed by atoms with Crippen LogP contribution in [-0.4, -0.2) is 38.2 Å². The molecule has 1 aromatic rings. The summed E-state index contributed by atoms with van der Waals surface area (Å²) in [4.78, 5) is 28.6. The number of hydrogen-bond acceptors (Lipinski definition) is 6. The molecule has 3 rings (SSSR count). The maximum Gasteiger partial charge on any atom is 0.298 e. The lowest BCUT2D eigenvalue weighted by Crippen LogP contribution is -2.33. The summed E-state index contributed by atoms with van der Waals surface area (Å²) >= 11 is 6.36. The Kier molecular flexibility index (Phi) is 4.03. The van der Waals surface area contributed by atoms with E-state index in [1.54, 1.807) is 18.0 Å². The Morgan fingerprint density at radius 3 is 2.61 bits per heavy atom. The van der Waals surface area contributed by atoms with Crippen LogP contribution >= 0.6 is 24.0 Å². The topological polar surface area (TPSA) is 58.7 Å². The number of oxazole rings is 1. The van der Waals surface area contributed by atoms with Crippen molar-refractivity contribution in [2.75, 3.05) is 13.6 Å². The summed E-state index contributed by atoms with van der Waals surface area (Å²) in [5, 5.41) is 0. The molecule has 1 fully saturated rings. The molecule has 0 radical (unpaired) electrons. The largest absolute Gasteiger partial charge is 0.431 e. The number of carbonyl (C=O) groups is 1. The minimum Gasteiger partial charge on any atom is -0.431 e. The molecule has 1 saturated heterocycles. The Labute approximate surface area is 142 Å². The van der Waals surface area contributed by atoms with Gasteiger partial charge in [0.05, 0.1) is 5.70 Å². The highest BCUT2D eigenvalue weighted by Gasteiger charge is 2.33. The van der Waals surface area contributed by atoms with Gasteiger partial charge in [-0.3, -0.25) is 19.1 Å². The summed E-state index contributed by atoms with van der Waals surface area (Å²) in [6.45, 7) is 2.34. The van der Waals surface area contributed by atoms with Gasteiger partial charge >= 0.3 is 0 Å². The Morgan fingerprint density at radius 1 is 1.26 bits per heavy atom. The van der Waals surface area contributed by atoms with Gasteiger partial charge in [-0.2, -0.15) is 0 Å². The molecule has 2 aliphatic heterocycles. The average molecular weight is 349 g/mol. The average Bonchev–Trinajstić information content (AvgIpc) is 2.97. The maximum absolute atomic E-state index is 12.5. The monoisotopic (exact) mass is 349 g/mol. The number of thiocarbonyl (C=S) groups is 1. The van der Waals surface area contributed by atoms with Gasteiger partial charge in [0.1, 0.15) is 9.23 Å². The zero-order valence-corrected chi connectivity index (χ0v) is 14.5. The van der Waals surface area contributed by atoms with Gasteiger partial charge in [-0.05, 0) is 30.8 Å². The van der Waals surface area contributed by atoms with E-state index in [0.717, 1.165) is 11.8 Å². The fraction of sp³-hybridized carbons (Fsp3) is 0.267. The molecule has 0 N–H and O–H groups in total. The second kappa shape index (κ2) is 5.86. The van der Waals surface area contributed by atoms with Crippen molar-refractivity contribution in [3.8, 4) is 0 Å². The highest BCUT2D eigenvalue weighted by atomic mass is 32.2.